The maximum absolute atomic E-state index is 13.3. The van der Waals surface area contributed by atoms with Gasteiger partial charge >= 0.3 is 0 Å². The lowest BCUT2D eigenvalue weighted by Crippen LogP contribution is -2.58. The first-order chi connectivity index (χ1) is 15.0. The first-order valence-electron chi connectivity index (χ1n) is 10.5. The lowest BCUT2D eigenvalue weighted by Gasteiger charge is -2.46. The number of hydrogen-bond acceptors (Lipinski definition) is 4. The average molecular weight is 421 g/mol. The Morgan fingerprint density at radius 3 is 2.16 bits per heavy atom. The van der Waals surface area contributed by atoms with Gasteiger partial charge < -0.3 is 19.9 Å². The number of benzene rings is 2. The van der Waals surface area contributed by atoms with Crippen molar-refractivity contribution in [1.29, 1.82) is 0 Å². The zero-order valence-electron chi connectivity index (χ0n) is 17.8. The van der Waals surface area contributed by atoms with E-state index < -0.39 is 17.6 Å². The number of methoxy groups -OCH3 is 1. The van der Waals surface area contributed by atoms with Crippen molar-refractivity contribution in [2.75, 3.05) is 32.6 Å². The summed E-state index contributed by atoms with van der Waals surface area (Å²) in [4.78, 5) is 42.6. The Morgan fingerprint density at radius 2 is 1.58 bits per heavy atom. The molecular formula is C24H27N3O4. The van der Waals surface area contributed by atoms with Gasteiger partial charge in [0.1, 0.15) is 6.10 Å². The molecule has 2 atom stereocenters. The quantitative estimate of drug-likeness (QED) is 0.822. The van der Waals surface area contributed by atoms with Gasteiger partial charge in [0.05, 0.1) is 11.5 Å². The molecule has 2 aromatic rings. The van der Waals surface area contributed by atoms with E-state index in [2.05, 4.69) is 5.32 Å². The number of rotatable bonds is 4. The van der Waals surface area contributed by atoms with Crippen molar-refractivity contribution in [2.45, 2.75) is 24.5 Å². The fourth-order valence-corrected chi connectivity index (χ4v) is 4.91. The molecule has 0 radical (unpaired) electrons. The molecule has 0 unspecified atom stereocenters. The molecule has 2 aromatic carbocycles. The molecule has 0 saturated carbocycles. The maximum Gasteiger partial charge on any atom is 0.253 e. The van der Waals surface area contributed by atoms with Crippen LogP contribution in [0.3, 0.4) is 0 Å². The summed E-state index contributed by atoms with van der Waals surface area (Å²) in [6, 6.07) is 18.4. The van der Waals surface area contributed by atoms with Crippen molar-refractivity contribution < 1.29 is 19.1 Å². The van der Waals surface area contributed by atoms with E-state index in [0.717, 1.165) is 0 Å². The molecule has 0 bridgehead atoms. The van der Waals surface area contributed by atoms with Crippen molar-refractivity contribution in [3.05, 3.63) is 66.2 Å². The van der Waals surface area contributed by atoms with Crippen LogP contribution in [0.5, 0.6) is 0 Å². The SMILES string of the molecule is CO[C@H]1C(=O)N(C)C2(CCN(C(=O)c3ccccc3)CC2)[C@@H]1C(=O)Nc1ccccc1. The van der Waals surface area contributed by atoms with Crippen molar-refractivity contribution >= 4 is 23.4 Å². The maximum atomic E-state index is 13.3. The number of hydrogen-bond donors (Lipinski definition) is 1. The highest BCUT2D eigenvalue weighted by molar-refractivity contribution is 6.01. The first-order valence-corrected chi connectivity index (χ1v) is 10.5. The summed E-state index contributed by atoms with van der Waals surface area (Å²) >= 11 is 0. The number of carbonyl (C=O) groups is 3. The molecule has 2 heterocycles. The third-order valence-corrected chi connectivity index (χ3v) is 6.64. The molecule has 1 N–H and O–H groups in total. The number of likely N-dealkylation sites (tertiary alicyclic amines) is 2. The highest BCUT2D eigenvalue weighted by atomic mass is 16.5. The van der Waals surface area contributed by atoms with Crippen LogP contribution in [-0.4, -0.2) is 66.4 Å². The molecule has 2 aliphatic heterocycles. The van der Waals surface area contributed by atoms with E-state index in [0.29, 0.717) is 37.2 Å². The lowest BCUT2D eigenvalue weighted by molar-refractivity contribution is -0.138. The predicted molar refractivity (Wildman–Crippen MR) is 116 cm³/mol. The van der Waals surface area contributed by atoms with Crippen molar-refractivity contribution in [2.24, 2.45) is 5.92 Å². The number of piperidine rings is 1. The van der Waals surface area contributed by atoms with Crippen molar-refractivity contribution in [1.82, 2.24) is 9.80 Å². The number of para-hydroxylation sites is 1. The topological polar surface area (TPSA) is 79.0 Å². The molecule has 0 aromatic heterocycles. The largest absolute Gasteiger partial charge is 0.371 e. The van der Waals surface area contributed by atoms with Crippen molar-refractivity contribution in [3.8, 4) is 0 Å². The van der Waals surface area contributed by atoms with Gasteiger partial charge in [-0.05, 0) is 37.1 Å². The third-order valence-electron chi connectivity index (χ3n) is 6.64. The van der Waals surface area contributed by atoms with E-state index in [1.165, 1.54) is 7.11 Å². The Labute approximate surface area is 182 Å². The Morgan fingerprint density at radius 1 is 1.00 bits per heavy atom. The second kappa shape index (κ2) is 8.51. The van der Waals surface area contributed by atoms with Crippen LogP contribution in [-0.2, 0) is 14.3 Å². The summed E-state index contributed by atoms with van der Waals surface area (Å²) in [5, 5.41) is 2.94. The van der Waals surface area contributed by atoms with Gasteiger partial charge in [-0.25, -0.2) is 0 Å². The van der Waals surface area contributed by atoms with Crippen LogP contribution < -0.4 is 5.32 Å². The fourth-order valence-electron chi connectivity index (χ4n) is 4.91. The van der Waals surface area contributed by atoms with Gasteiger partial charge in [-0.2, -0.15) is 0 Å². The Balaban J connectivity index is 1.57. The van der Waals surface area contributed by atoms with Gasteiger partial charge in [0.15, 0.2) is 0 Å². The van der Waals surface area contributed by atoms with Gasteiger partial charge in [-0.3, -0.25) is 14.4 Å². The van der Waals surface area contributed by atoms with Gasteiger partial charge in [-0.1, -0.05) is 36.4 Å². The predicted octanol–water partition coefficient (Wildman–Crippen LogP) is 2.40. The van der Waals surface area contributed by atoms with Crippen LogP contribution in [0.15, 0.2) is 60.7 Å². The van der Waals surface area contributed by atoms with E-state index in [9.17, 15) is 14.4 Å². The minimum atomic E-state index is -0.843. The molecular weight excluding hydrogens is 394 g/mol. The highest BCUT2D eigenvalue weighted by Gasteiger charge is 2.61. The minimum Gasteiger partial charge on any atom is -0.371 e. The second-order valence-corrected chi connectivity index (χ2v) is 8.15. The molecule has 7 nitrogen and oxygen atoms in total. The van der Waals surface area contributed by atoms with Gasteiger partial charge in [0, 0.05) is 38.5 Å². The normalized spacial score (nSPS) is 22.6. The summed E-state index contributed by atoms with van der Waals surface area (Å²) in [5.41, 5.74) is 0.628. The number of likely N-dealkylation sites (N-methyl/N-ethyl adjacent to an activating group) is 1. The van der Waals surface area contributed by atoms with E-state index in [4.69, 9.17) is 4.74 Å². The van der Waals surface area contributed by atoms with Crippen LogP contribution >= 0.6 is 0 Å². The second-order valence-electron chi connectivity index (χ2n) is 8.15. The summed E-state index contributed by atoms with van der Waals surface area (Å²) < 4.78 is 5.50. The number of nitrogens with one attached hydrogen (secondary N) is 1. The molecule has 2 aliphatic rings. The fraction of sp³-hybridized carbons (Fsp3) is 0.375. The molecule has 7 heteroatoms. The van der Waals surface area contributed by atoms with E-state index in [1.54, 1.807) is 29.0 Å². The Hall–Kier alpha value is -3.19. The molecule has 4 rings (SSSR count). The molecule has 2 saturated heterocycles. The summed E-state index contributed by atoms with van der Waals surface area (Å²) in [6.07, 6.45) is 0.186. The number of anilines is 1. The summed E-state index contributed by atoms with van der Waals surface area (Å²) in [5.74, 6) is -1.13. The summed E-state index contributed by atoms with van der Waals surface area (Å²) in [6.45, 7) is 0.938. The van der Waals surface area contributed by atoms with Crippen LogP contribution in [0.2, 0.25) is 0 Å². The van der Waals surface area contributed by atoms with E-state index in [1.807, 2.05) is 48.5 Å². The smallest absolute Gasteiger partial charge is 0.253 e. The third kappa shape index (κ3) is 3.70. The molecule has 162 valence electrons. The summed E-state index contributed by atoms with van der Waals surface area (Å²) in [7, 11) is 3.20. The van der Waals surface area contributed by atoms with Gasteiger partial charge in [0.25, 0.3) is 11.8 Å². The molecule has 1 spiro atoms. The van der Waals surface area contributed by atoms with Crippen LogP contribution in [0.4, 0.5) is 5.69 Å². The van der Waals surface area contributed by atoms with Crippen LogP contribution in [0.25, 0.3) is 0 Å². The monoisotopic (exact) mass is 421 g/mol. The first kappa shape index (κ1) is 21.1. The number of carbonyl (C=O) groups excluding carboxylic acids is 3. The van der Waals surface area contributed by atoms with E-state index in [-0.39, 0.29) is 17.7 Å². The highest BCUT2D eigenvalue weighted by Crippen LogP contribution is 2.44. The Kier molecular flexibility index (Phi) is 5.78. The van der Waals surface area contributed by atoms with Crippen LogP contribution in [0.1, 0.15) is 23.2 Å². The molecule has 2 fully saturated rings. The lowest BCUT2D eigenvalue weighted by atomic mass is 9.75. The minimum absolute atomic E-state index is 0.0315. The standard InChI is InChI=1S/C24H27N3O4/c1-26-23(30)20(31-2)19(21(28)25-18-11-7-4-8-12-18)24(26)13-15-27(16-14-24)22(29)17-9-5-3-6-10-17/h3-12,19-20H,13-16H2,1-2H3,(H,25,28)/t19-,20+/m0/s1. The number of ether oxygens (including phenoxy) is 1. The zero-order chi connectivity index (χ0) is 22.0. The van der Waals surface area contributed by atoms with Crippen molar-refractivity contribution in [3.63, 3.8) is 0 Å². The van der Waals surface area contributed by atoms with Crippen LogP contribution in [0, 0.1) is 5.92 Å². The van der Waals surface area contributed by atoms with Gasteiger partial charge in [0.2, 0.25) is 5.91 Å². The van der Waals surface area contributed by atoms with E-state index >= 15 is 0 Å². The molecule has 31 heavy (non-hydrogen) atoms. The zero-order valence-corrected chi connectivity index (χ0v) is 17.8. The van der Waals surface area contributed by atoms with Gasteiger partial charge in [-0.15, -0.1) is 0 Å². The average Bonchev–Trinajstić information content (AvgIpc) is 3.01. The number of nitrogens with zero attached hydrogens (tertiary/aromatic N) is 2. The number of amides is 3. The Bertz CT molecular complexity index is 955. The molecule has 0 aliphatic carbocycles. The molecule has 3 amide bonds.